The van der Waals surface area contributed by atoms with Gasteiger partial charge >= 0.3 is 0 Å². The molecule has 2 aromatic heterocycles. The Kier molecular flexibility index (Phi) is 3.36. The lowest BCUT2D eigenvalue weighted by Crippen LogP contribution is -2.04. The Bertz CT molecular complexity index is 495. The summed E-state index contributed by atoms with van der Waals surface area (Å²) in [5.74, 6) is 1.22. The number of hydrogen-bond donors (Lipinski definition) is 1. The average molecular weight is 235 g/mol. The molecule has 0 amide bonds. The Morgan fingerprint density at radius 2 is 2.44 bits per heavy atom. The van der Waals surface area contributed by atoms with Crippen LogP contribution in [0.2, 0.25) is 0 Å². The van der Waals surface area contributed by atoms with E-state index in [4.69, 9.17) is 4.74 Å². The highest BCUT2D eigenvalue weighted by atomic mass is 32.1. The summed E-state index contributed by atoms with van der Waals surface area (Å²) >= 11 is 1.58. The number of thiophene rings is 1. The van der Waals surface area contributed by atoms with Crippen molar-refractivity contribution in [2.45, 2.75) is 6.92 Å². The van der Waals surface area contributed by atoms with Crippen LogP contribution in [-0.2, 0) is 0 Å². The maximum atomic E-state index is 5.51. The second kappa shape index (κ2) is 4.94. The molecule has 0 atom stereocenters. The number of nitrogens with one attached hydrogen (secondary N) is 1. The third-order valence-corrected chi connectivity index (χ3v) is 2.77. The first-order valence-electron chi connectivity index (χ1n) is 5.08. The quantitative estimate of drug-likeness (QED) is 0.809. The summed E-state index contributed by atoms with van der Waals surface area (Å²) < 4.78 is 5.51. The summed E-state index contributed by atoms with van der Waals surface area (Å²) in [5.41, 5.74) is 0. The minimum Gasteiger partial charge on any atom is -0.473 e. The van der Waals surface area contributed by atoms with Crippen LogP contribution in [0.15, 0.2) is 24.1 Å². The Morgan fingerprint density at radius 3 is 3.19 bits per heavy atom. The van der Waals surface area contributed by atoms with Crippen molar-refractivity contribution in [2.75, 3.05) is 18.5 Å². The fraction of sp³-hybridized carbons (Fsp3) is 0.273. The van der Waals surface area contributed by atoms with E-state index in [1.165, 1.54) is 0 Å². The summed E-state index contributed by atoms with van der Waals surface area (Å²) in [5, 5.41) is 6.02. The van der Waals surface area contributed by atoms with Crippen LogP contribution >= 0.6 is 11.3 Å². The van der Waals surface area contributed by atoms with Gasteiger partial charge in [-0.05, 0) is 18.4 Å². The molecule has 0 fully saturated rings. The van der Waals surface area contributed by atoms with E-state index in [9.17, 15) is 0 Å². The van der Waals surface area contributed by atoms with Crippen LogP contribution < -0.4 is 10.1 Å². The van der Waals surface area contributed by atoms with Crippen LogP contribution in [0.25, 0.3) is 10.2 Å². The normalized spacial score (nSPS) is 10.3. The van der Waals surface area contributed by atoms with Crippen LogP contribution in [0.1, 0.15) is 6.92 Å². The van der Waals surface area contributed by atoms with Crippen molar-refractivity contribution in [3.05, 3.63) is 24.1 Å². The third kappa shape index (κ3) is 2.14. The predicted octanol–water partition coefficient (Wildman–Crippen LogP) is 2.69. The maximum absolute atomic E-state index is 5.51. The minimum absolute atomic E-state index is 0.452. The number of nitrogens with zero attached hydrogens (tertiary/aromatic N) is 2. The molecule has 0 aliphatic heterocycles. The van der Waals surface area contributed by atoms with Crippen molar-refractivity contribution in [1.82, 2.24) is 9.97 Å². The molecule has 1 N–H and O–H groups in total. The molecule has 0 bridgehead atoms. The van der Waals surface area contributed by atoms with Gasteiger partial charge in [-0.2, -0.15) is 4.98 Å². The van der Waals surface area contributed by atoms with Crippen molar-refractivity contribution >= 4 is 27.5 Å². The lowest BCUT2D eigenvalue weighted by molar-refractivity contribution is 0.353. The monoisotopic (exact) mass is 235 g/mol. The van der Waals surface area contributed by atoms with Crippen molar-refractivity contribution in [3.63, 3.8) is 0 Å². The first-order valence-corrected chi connectivity index (χ1v) is 5.96. The van der Waals surface area contributed by atoms with Gasteiger partial charge in [-0.15, -0.1) is 11.3 Å². The van der Waals surface area contributed by atoms with Gasteiger partial charge in [0.2, 0.25) is 11.8 Å². The molecule has 0 unspecified atom stereocenters. The summed E-state index contributed by atoms with van der Waals surface area (Å²) in [6, 6.07) is 1.97. The molecule has 84 valence electrons. The molecule has 2 aromatic rings. The number of rotatable bonds is 5. The van der Waals surface area contributed by atoms with Crippen LogP contribution in [0, 0.1) is 0 Å². The smallest absolute Gasteiger partial charge is 0.227 e. The molecule has 2 heterocycles. The van der Waals surface area contributed by atoms with E-state index < -0.39 is 0 Å². The average Bonchev–Trinajstić information content (AvgIpc) is 2.74. The van der Waals surface area contributed by atoms with Gasteiger partial charge in [0, 0.05) is 6.54 Å². The molecular weight excluding hydrogens is 222 g/mol. The molecule has 2 rings (SSSR count). The van der Waals surface area contributed by atoms with Crippen LogP contribution in [0.3, 0.4) is 0 Å². The third-order valence-electron chi connectivity index (χ3n) is 1.96. The van der Waals surface area contributed by atoms with E-state index in [2.05, 4.69) is 21.9 Å². The highest BCUT2D eigenvalue weighted by Crippen LogP contribution is 2.27. The minimum atomic E-state index is 0.452. The van der Waals surface area contributed by atoms with E-state index in [1.807, 2.05) is 18.4 Å². The molecule has 16 heavy (non-hydrogen) atoms. The molecule has 0 spiro atoms. The van der Waals surface area contributed by atoms with Crippen molar-refractivity contribution in [2.24, 2.45) is 0 Å². The van der Waals surface area contributed by atoms with Crippen molar-refractivity contribution in [3.8, 4) is 5.88 Å². The largest absolute Gasteiger partial charge is 0.473 e. The van der Waals surface area contributed by atoms with Gasteiger partial charge in [0.1, 0.15) is 11.4 Å². The molecule has 4 nitrogen and oxygen atoms in total. The van der Waals surface area contributed by atoms with Gasteiger partial charge in [0.25, 0.3) is 0 Å². The zero-order chi connectivity index (χ0) is 11.4. The standard InChI is InChI=1S/C11H13N3OS/c1-3-6-15-9-8-5-7-16-10(8)14-11(13-9)12-4-2/h3,5,7H,1,4,6H2,2H3,(H,12,13,14). The summed E-state index contributed by atoms with van der Waals surface area (Å²) in [6.07, 6.45) is 1.70. The predicted molar refractivity (Wildman–Crippen MR) is 67.3 cm³/mol. The maximum Gasteiger partial charge on any atom is 0.227 e. The molecule has 0 saturated carbocycles. The van der Waals surface area contributed by atoms with E-state index in [1.54, 1.807) is 17.4 Å². The van der Waals surface area contributed by atoms with Gasteiger partial charge in [0.05, 0.1) is 5.39 Å². The Hall–Kier alpha value is -1.62. The summed E-state index contributed by atoms with van der Waals surface area (Å²) in [4.78, 5) is 9.63. The van der Waals surface area contributed by atoms with Gasteiger partial charge in [-0.3, -0.25) is 0 Å². The lowest BCUT2D eigenvalue weighted by Gasteiger charge is -2.06. The summed E-state index contributed by atoms with van der Waals surface area (Å²) in [6.45, 7) is 6.87. The van der Waals surface area contributed by atoms with E-state index in [-0.39, 0.29) is 0 Å². The molecule has 0 saturated heterocycles. The van der Waals surface area contributed by atoms with E-state index >= 15 is 0 Å². The number of hydrogen-bond acceptors (Lipinski definition) is 5. The highest BCUT2D eigenvalue weighted by Gasteiger charge is 2.08. The fourth-order valence-electron chi connectivity index (χ4n) is 1.31. The number of ether oxygens (including phenoxy) is 1. The van der Waals surface area contributed by atoms with Gasteiger partial charge < -0.3 is 10.1 Å². The van der Waals surface area contributed by atoms with E-state index in [0.29, 0.717) is 18.4 Å². The Labute approximate surface area is 98.0 Å². The fourth-order valence-corrected chi connectivity index (χ4v) is 2.07. The van der Waals surface area contributed by atoms with E-state index in [0.717, 1.165) is 16.8 Å². The lowest BCUT2D eigenvalue weighted by atomic mass is 10.4. The molecule has 0 aliphatic carbocycles. The number of aromatic nitrogens is 2. The molecule has 0 aromatic carbocycles. The van der Waals surface area contributed by atoms with Crippen molar-refractivity contribution < 1.29 is 4.74 Å². The zero-order valence-electron chi connectivity index (χ0n) is 9.06. The van der Waals surface area contributed by atoms with Gasteiger partial charge in [-0.25, -0.2) is 4.98 Å². The van der Waals surface area contributed by atoms with Gasteiger partial charge in [0.15, 0.2) is 0 Å². The van der Waals surface area contributed by atoms with Crippen LogP contribution in [0.4, 0.5) is 5.95 Å². The van der Waals surface area contributed by atoms with Crippen molar-refractivity contribution in [1.29, 1.82) is 0 Å². The molecule has 0 radical (unpaired) electrons. The van der Waals surface area contributed by atoms with Crippen LogP contribution in [-0.4, -0.2) is 23.1 Å². The first kappa shape index (κ1) is 10.9. The highest BCUT2D eigenvalue weighted by molar-refractivity contribution is 7.16. The number of anilines is 1. The van der Waals surface area contributed by atoms with Crippen LogP contribution in [0.5, 0.6) is 5.88 Å². The van der Waals surface area contributed by atoms with Gasteiger partial charge in [-0.1, -0.05) is 12.7 Å². The Balaban J connectivity index is 2.41. The summed E-state index contributed by atoms with van der Waals surface area (Å²) in [7, 11) is 0. The number of fused-ring (bicyclic) bond motifs is 1. The topological polar surface area (TPSA) is 47.0 Å². The Morgan fingerprint density at radius 1 is 1.56 bits per heavy atom. The molecular formula is C11H13N3OS. The molecule has 5 heteroatoms. The molecule has 0 aliphatic rings. The first-order chi connectivity index (χ1) is 7.85. The SMILES string of the molecule is C=CCOc1nc(NCC)nc2sccc12. The second-order valence-corrected chi connectivity index (χ2v) is 4.02. The second-order valence-electron chi connectivity index (χ2n) is 3.12. The zero-order valence-corrected chi connectivity index (χ0v) is 9.88.